The van der Waals surface area contributed by atoms with Crippen LogP contribution >= 0.6 is 0 Å². The molecule has 1 aromatic carbocycles. The van der Waals surface area contributed by atoms with Gasteiger partial charge in [-0.25, -0.2) is 0 Å². The van der Waals surface area contributed by atoms with E-state index in [4.69, 9.17) is 0 Å². The second kappa shape index (κ2) is 6.48. The summed E-state index contributed by atoms with van der Waals surface area (Å²) in [5.41, 5.74) is 2.70. The van der Waals surface area contributed by atoms with Gasteiger partial charge in [0.2, 0.25) is 5.91 Å². The number of nitrogens with one attached hydrogen (secondary N) is 1. The van der Waals surface area contributed by atoms with Gasteiger partial charge >= 0.3 is 5.97 Å². The molecule has 1 heterocycles. The van der Waals surface area contributed by atoms with Gasteiger partial charge in [0, 0.05) is 32.6 Å². The standard InChI is InChI=1S/C17H22N2O3/c20-16(19-6-5-18-10-15(11-19)17(21)22)9-12-7-13-3-1-2-4-14(13)8-12/h1-4,12,15,18H,5-11H2,(H,21,22)/t15-/m0/s1. The number of benzene rings is 1. The van der Waals surface area contributed by atoms with Crippen LogP contribution in [0.25, 0.3) is 0 Å². The minimum atomic E-state index is -0.833. The molecule has 2 aliphatic rings. The first kappa shape index (κ1) is 15.0. The molecule has 1 aromatic rings. The van der Waals surface area contributed by atoms with Crippen LogP contribution in [-0.4, -0.2) is 48.1 Å². The van der Waals surface area contributed by atoms with Crippen molar-refractivity contribution >= 4 is 11.9 Å². The van der Waals surface area contributed by atoms with Crippen LogP contribution in [0, 0.1) is 11.8 Å². The first-order valence-corrected chi connectivity index (χ1v) is 7.91. The Balaban J connectivity index is 1.59. The van der Waals surface area contributed by atoms with Crippen molar-refractivity contribution in [1.82, 2.24) is 10.2 Å². The lowest BCUT2D eigenvalue weighted by Gasteiger charge is -2.23. The van der Waals surface area contributed by atoms with Crippen LogP contribution < -0.4 is 5.32 Å². The Hall–Kier alpha value is -1.88. The lowest BCUT2D eigenvalue weighted by atomic mass is 10.0. The first-order chi connectivity index (χ1) is 10.6. The normalized spacial score (nSPS) is 22.2. The largest absolute Gasteiger partial charge is 0.481 e. The first-order valence-electron chi connectivity index (χ1n) is 7.91. The highest BCUT2D eigenvalue weighted by atomic mass is 16.4. The quantitative estimate of drug-likeness (QED) is 0.871. The Morgan fingerprint density at radius 1 is 1.23 bits per heavy atom. The van der Waals surface area contributed by atoms with Crippen LogP contribution in [0.3, 0.4) is 0 Å². The molecule has 1 saturated heterocycles. The maximum Gasteiger partial charge on any atom is 0.309 e. The number of hydrogen-bond acceptors (Lipinski definition) is 3. The zero-order chi connectivity index (χ0) is 15.5. The fraction of sp³-hybridized carbons (Fsp3) is 0.529. The lowest BCUT2D eigenvalue weighted by Crippen LogP contribution is -2.38. The van der Waals surface area contributed by atoms with Gasteiger partial charge in [-0.1, -0.05) is 24.3 Å². The van der Waals surface area contributed by atoms with Crippen molar-refractivity contribution in [2.45, 2.75) is 19.3 Å². The van der Waals surface area contributed by atoms with Crippen LogP contribution in [-0.2, 0) is 22.4 Å². The summed E-state index contributed by atoms with van der Waals surface area (Å²) in [6.07, 6.45) is 2.42. The van der Waals surface area contributed by atoms with E-state index in [1.807, 2.05) is 12.1 Å². The number of hydrogen-bond donors (Lipinski definition) is 2. The number of amides is 1. The third-order valence-corrected chi connectivity index (χ3v) is 4.69. The van der Waals surface area contributed by atoms with E-state index in [0.717, 1.165) is 12.8 Å². The van der Waals surface area contributed by atoms with E-state index >= 15 is 0 Å². The molecule has 22 heavy (non-hydrogen) atoms. The molecule has 0 unspecified atom stereocenters. The van der Waals surface area contributed by atoms with Gasteiger partial charge < -0.3 is 15.3 Å². The number of fused-ring (bicyclic) bond motifs is 1. The summed E-state index contributed by atoms with van der Waals surface area (Å²) in [6.45, 7) is 2.03. The van der Waals surface area contributed by atoms with Gasteiger partial charge in [0.15, 0.2) is 0 Å². The molecule has 0 radical (unpaired) electrons. The Bertz CT molecular complexity index is 548. The molecule has 1 atom stereocenters. The number of carbonyl (C=O) groups excluding carboxylic acids is 1. The van der Waals surface area contributed by atoms with Gasteiger partial charge in [-0.15, -0.1) is 0 Å². The summed E-state index contributed by atoms with van der Waals surface area (Å²) in [6, 6.07) is 8.36. The molecule has 2 N–H and O–H groups in total. The van der Waals surface area contributed by atoms with Gasteiger partial charge in [0.25, 0.3) is 0 Å². The number of nitrogens with zero attached hydrogens (tertiary/aromatic N) is 1. The van der Waals surface area contributed by atoms with Gasteiger partial charge in [-0.3, -0.25) is 9.59 Å². The van der Waals surface area contributed by atoms with E-state index in [1.54, 1.807) is 4.90 Å². The van der Waals surface area contributed by atoms with Gasteiger partial charge in [-0.2, -0.15) is 0 Å². The Morgan fingerprint density at radius 2 is 1.91 bits per heavy atom. The van der Waals surface area contributed by atoms with E-state index in [2.05, 4.69) is 17.4 Å². The summed E-state index contributed by atoms with van der Waals surface area (Å²) in [4.78, 5) is 25.4. The van der Waals surface area contributed by atoms with Crippen LogP contribution in [0.15, 0.2) is 24.3 Å². The minimum absolute atomic E-state index is 0.0905. The molecule has 0 spiro atoms. The fourth-order valence-electron chi connectivity index (χ4n) is 3.47. The topological polar surface area (TPSA) is 69.6 Å². The average molecular weight is 302 g/mol. The maximum absolute atomic E-state index is 12.5. The molecule has 1 fully saturated rings. The zero-order valence-corrected chi connectivity index (χ0v) is 12.6. The molecule has 118 valence electrons. The summed E-state index contributed by atoms with van der Waals surface area (Å²) < 4.78 is 0. The van der Waals surface area contributed by atoms with Crippen molar-refractivity contribution < 1.29 is 14.7 Å². The Kier molecular flexibility index (Phi) is 4.43. The van der Waals surface area contributed by atoms with E-state index in [-0.39, 0.29) is 5.91 Å². The third kappa shape index (κ3) is 3.30. The molecule has 0 saturated carbocycles. The summed E-state index contributed by atoms with van der Waals surface area (Å²) in [5, 5.41) is 12.3. The Morgan fingerprint density at radius 3 is 2.55 bits per heavy atom. The second-order valence-electron chi connectivity index (χ2n) is 6.33. The zero-order valence-electron chi connectivity index (χ0n) is 12.6. The summed E-state index contributed by atoms with van der Waals surface area (Å²) >= 11 is 0. The van der Waals surface area contributed by atoms with Gasteiger partial charge in [-0.05, 0) is 29.9 Å². The number of carbonyl (C=O) groups is 2. The SMILES string of the molecule is O=C(O)[C@H]1CNCCN(C(=O)CC2Cc3ccccc3C2)C1. The van der Waals surface area contributed by atoms with Crippen molar-refractivity contribution in [2.75, 3.05) is 26.2 Å². The van der Waals surface area contributed by atoms with Crippen molar-refractivity contribution in [1.29, 1.82) is 0 Å². The molecular formula is C17H22N2O3. The molecule has 0 aromatic heterocycles. The van der Waals surface area contributed by atoms with Gasteiger partial charge in [0.05, 0.1) is 5.92 Å². The highest BCUT2D eigenvalue weighted by molar-refractivity contribution is 5.78. The van der Waals surface area contributed by atoms with E-state index in [1.165, 1.54) is 11.1 Å². The minimum Gasteiger partial charge on any atom is -0.481 e. The van der Waals surface area contributed by atoms with Crippen LogP contribution in [0.4, 0.5) is 0 Å². The molecular weight excluding hydrogens is 280 g/mol. The van der Waals surface area contributed by atoms with Crippen LogP contribution in [0.5, 0.6) is 0 Å². The predicted molar refractivity (Wildman–Crippen MR) is 82.5 cm³/mol. The second-order valence-corrected chi connectivity index (χ2v) is 6.33. The van der Waals surface area contributed by atoms with Gasteiger partial charge in [0.1, 0.15) is 0 Å². The summed E-state index contributed by atoms with van der Waals surface area (Å²) in [7, 11) is 0. The van der Waals surface area contributed by atoms with E-state index < -0.39 is 11.9 Å². The molecule has 5 heteroatoms. The van der Waals surface area contributed by atoms with E-state index in [9.17, 15) is 14.7 Å². The Labute approximate surface area is 130 Å². The monoisotopic (exact) mass is 302 g/mol. The third-order valence-electron chi connectivity index (χ3n) is 4.69. The summed E-state index contributed by atoms with van der Waals surface area (Å²) in [5.74, 6) is -0.898. The molecule has 1 aliphatic heterocycles. The van der Waals surface area contributed by atoms with Crippen LogP contribution in [0.2, 0.25) is 0 Å². The molecule has 5 nitrogen and oxygen atoms in total. The smallest absolute Gasteiger partial charge is 0.309 e. The number of carboxylic acid groups (broad SMARTS) is 1. The number of carboxylic acids is 1. The highest BCUT2D eigenvalue weighted by Gasteiger charge is 2.29. The fourth-order valence-corrected chi connectivity index (χ4v) is 3.47. The molecule has 1 aliphatic carbocycles. The number of aliphatic carboxylic acids is 1. The van der Waals surface area contributed by atoms with Crippen LogP contribution in [0.1, 0.15) is 17.5 Å². The number of rotatable bonds is 3. The predicted octanol–water partition coefficient (Wildman–Crippen LogP) is 0.924. The molecule has 0 bridgehead atoms. The average Bonchev–Trinajstić information content (AvgIpc) is 2.73. The highest BCUT2D eigenvalue weighted by Crippen LogP contribution is 2.29. The lowest BCUT2D eigenvalue weighted by molar-refractivity contribution is -0.143. The maximum atomic E-state index is 12.5. The molecule has 1 amide bonds. The molecule has 3 rings (SSSR count). The van der Waals surface area contributed by atoms with Crippen molar-refractivity contribution in [3.8, 4) is 0 Å². The van der Waals surface area contributed by atoms with Crippen molar-refractivity contribution in [3.05, 3.63) is 35.4 Å². The van der Waals surface area contributed by atoms with Crippen molar-refractivity contribution in [2.24, 2.45) is 11.8 Å². The van der Waals surface area contributed by atoms with E-state index in [0.29, 0.717) is 38.5 Å². The van der Waals surface area contributed by atoms with Crippen molar-refractivity contribution in [3.63, 3.8) is 0 Å².